The van der Waals surface area contributed by atoms with Crippen LogP contribution < -0.4 is 23.9 Å². The average molecular weight is 351 g/mol. The Labute approximate surface area is 128 Å². The van der Waals surface area contributed by atoms with Crippen molar-refractivity contribution in [2.45, 2.75) is 0 Å². The molecular formula is C14H18ClN2Ru. The van der Waals surface area contributed by atoms with Gasteiger partial charge in [-0.3, -0.25) is 0 Å². The van der Waals surface area contributed by atoms with E-state index < -0.39 is 0 Å². The Balaban J connectivity index is 0. The average Bonchev–Trinajstić information content (AvgIpc) is 2.41. The Kier molecular flexibility index (Phi) is 13.9. The fraction of sp³-hybridized carbons (Fsp3) is 0.143. The van der Waals surface area contributed by atoms with Gasteiger partial charge in [-0.15, -0.1) is 0 Å². The van der Waals surface area contributed by atoms with Gasteiger partial charge < -0.3 is 23.9 Å². The molecule has 0 aliphatic rings. The Morgan fingerprint density at radius 2 is 0.889 bits per heavy atom. The monoisotopic (exact) mass is 351 g/mol. The molecule has 2 aromatic rings. The molecule has 4 heteroatoms. The Hall–Kier alpha value is -0.727. The number of rotatable bonds is 2. The fourth-order valence-corrected chi connectivity index (χ4v) is 1.26. The molecule has 0 saturated carbocycles. The minimum Gasteiger partial charge on any atom is -1.00 e. The molecule has 1 radical (unpaired) electrons. The van der Waals surface area contributed by atoms with E-state index in [-0.39, 0.29) is 31.9 Å². The van der Waals surface area contributed by atoms with Gasteiger partial charge in [0.1, 0.15) is 0 Å². The quantitative estimate of drug-likeness (QED) is 0.701. The van der Waals surface area contributed by atoms with Gasteiger partial charge in [-0.05, 0) is 11.1 Å². The van der Waals surface area contributed by atoms with Crippen LogP contribution in [0.2, 0.25) is 0 Å². The molecule has 0 fully saturated rings. The maximum absolute atomic E-state index is 4.90. The van der Waals surface area contributed by atoms with Crippen molar-refractivity contribution in [1.29, 1.82) is 0 Å². The summed E-state index contributed by atoms with van der Waals surface area (Å²) in [5, 5.41) is 0. The van der Waals surface area contributed by atoms with Crippen molar-refractivity contribution in [3.05, 3.63) is 60.7 Å². The third-order valence-electron chi connectivity index (χ3n) is 2.05. The molecule has 0 unspecified atom stereocenters. The van der Waals surface area contributed by atoms with E-state index in [9.17, 15) is 0 Å². The molecule has 0 spiro atoms. The fourth-order valence-electron chi connectivity index (χ4n) is 1.26. The van der Waals surface area contributed by atoms with E-state index in [0.717, 1.165) is 0 Å². The van der Waals surface area contributed by atoms with Gasteiger partial charge in [0, 0.05) is 13.1 Å². The van der Waals surface area contributed by atoms with Crippen molar-refractivity contribution in [2.75, 3.05) is 13.1 Å². The zero-order valence-corrected chi connectivity index (χ0v) is 12.6. The summed E-state index contributed by atoms with van der Waals surface area (Å²) in [7, 11) is 0. The van der Waals surface area contributed by atoms with E-state index in [2.05, 4.69) is 48.5 Å². The van der Waals surface area contributed by atoms with Gasteiger partial charge in [-0.25, -0.2) is 0 Å². The molecule has 0 amide bonds. The second kappa shape index (κ2) is 12.7. The number of halogens is 1. The molecule has 0 aliphatic carbocycles. The summed E-state index contributed by atoms with van der Waals surface area (Å²) >= 11 is 0. The number of nitrogens with two attached hydrogens (primary N) is 2. The first-order valence-electron chi connectivity index (χ1n) is 5.39. The maximum atomic E-state index is 4.90. The molecule has 0 atom stereocenters. The van der Waals surface area contributed by atoms with E-state index in [1.165, 1.54) is 11.1 Å². The zero-order chi connectivity index (χ0) is 11.6. The first kappa shape index (κ1) is 19.6. The smallest absolute Gasteiger partial charge is 1.00 e. The SMILES string of the molecule is NCCN.[Cl-].[Ru+].c1ccc(-c2ccccc2)cc1. The van der Waals surface area contributed by atoms with Crippen LogP contribution in [0.15, 0.2) is 60.7 Å². The molecule has 18 heavy (non-hydrogen) atoms. The van der Waals surface area contributed by atoms with Gasteiger partial charge in [0.2, 0.25) is 0 Å². The molecular weight excluding hydrogens is 333 g/mol. The van der Waals surface area contributed by atoms with Crippen molar-refractivity contribution < 1.29 is 31.9 Å². The van der Waals surface area contributed by atoms with Crippen LogP contribution in [-0.2, 0) is 19.5 Å². The second-order valence-corrected chi connectivity index (χ2v) is 3.31. The van der Waals surface area contributed by atoms with Gasteiger partial charge in [0.15, 0.2) is 0 Å². The van der Waals surface area contributed by atoms with E-state index in [0.29, 0.717) is 13.1 Å². The summed E-state index contributed by atoms with van der Waals surface area (Å²) < 4.78 is 0. The van der Waals surface area contributed by atoms with Crippen molar-refractivity contribution in [3.63, 3.8) is 0 Å². The molecule has 0 saturated heterocycles. The van der Waals surface area contributed by atoms with Gasteiger partial charge in [-0.1, -0.05) is 60.7 Å². The van der Waals surface area contributed by atoms with Gasteiger partial charge in [0.05, 0.1) is 0 Å². The molecule has 0 aliphatic heterocycles. The molecule has 0 bridgehead atoms. The van der Waals surface area contributed by atoms with E-state index >= 15 is 0 Å². The molecule has 0 aromatic heterocycles. The number of benzene rings is 2. The van der Waals surface area contributed by atoms with E-state index in [1.807, 2.05) is 12.1 Å². The minimum atomic E-state index is 0. The van der Waals surface area contributed by atoms with Crippen LogP contribution in [0.25, 0.3) is 11.1 Å². The maximum Gasteiger partial charge on any atom is 1.00 e. The first-order chi connectivity index (χ1) is 7.88. The molecule has 2 nitrogen and oxygen atoms in total. The summed E-state index contributed by atoms with van der Waals surface area (Å²) in [5.74, 6) is 0. The first-order valence-corrected chi connectivity index (χ1v) is 5.39. The van der Waals surface area contributed by atoms with Crippen LogP contribution in [0.4, 0.5) is 0 Å². The van der Waals surface area contributed by atoms with Gasteiger partial charge in [-0.2, -0.15) is 0 Å². The van der Waals surface area contributed by atoms with Crippen molar-refractivity contribution in [3.8, 4) is 11.1 Å². The third-order valence-corrected chi connectivity index (χ3v) is 2.05. The minimum absolute atomic E-state index is 0. The number of hydrogen-bond acceptors (Lipinski definition) is 2. The Bertz CT molecular complexity index is 342. The van der Waals surface area contributed by atoms with Crippen LogP contribution in [-0.4, -0.2) is 13.1 Å². The predicted molar refractivity (Wildman–Crippen MR) is 70.0 cm³/mol. The van der Waals surface area contributed by atoms with Gasteiger partial charge >= 0.3 is 19.5 Å². The Morgan fingerprint density at radius 1 is 0.611 bits per heavy atom. The molecule has 99 valence electrons. The zero-order valence-electron chi connectivity index (χ0n) is 10.1. The van der Waals surface area contributed by atoms with Crippen molar-refractivity contribution in [2.24, 2.45) is 11.5 Å². The third kappa shape index (κ3) is 7.57. The topological polar surface area (TPSA) is 52.0 Å². The molecule has 0 heterocycles. The largest absolute Gasteiger partial charge is 1.00 e. The number of hydrogen-bond donors (Lipinski definition) is 2. The van der Waals surface area contributed by atoms with Crippen molar-refractivity contribution >= 4 is 0 Å². The van der Waals surface area contributed by atoms with Crippen LogP contribution in [0.3, 0.4) is 0 Å². The van der Waals surface area contributed by atoms with Crippen LogP contribution >= 0.6 is 0 Å². The summed E-state index contributed by atoms with van der Waals surface area (Å²) in [4.78, 5) is 0. The standard InChI is InChI=1S/C12H10.C2H8N2.ClH.Ru/c1-3-7-11(8-4-1)12-9-5-2-6-10-12;3-1-2-4;;/h1-10H;1-4H2;1H;/q;;;+1/p-1. The molecule has 4 N–H and O–H groups in total. The van der Waals surface area contributed by atoms with Crippen LogP contribution in [0.5, 0.6) is 0 Å². The summed E-state index contributed by atoms with van der Waals surface area (Å²) in [6.45, 7) is 1.19. The predicted octanol–water partition coefficient (Wildman–Crippen LogP) is -0.741. The van der Waals surface area contributed by atoms with Crippen LogP contribution in [0, 0.1) is 0 Å². The molecule has 2 aromatic carbocycles. The van der Waals surface area contributed by atoms with E-state index in [4.69, 9.17) is 11.5 Å². The molecule has 2 rings (SSSR count). The summed E-state index contributed by atoms with van der Waals surface area (Å²) in [6.07, 6.45) is 0. The van der Waals surface area contributed by atoms with E-state index in [1.54, 1.807) is 0 Å². The summed E-state index contributed by atoms with van der Waals surface area (Å²) in [5.41, 5.74) is 12.4. The Morgan fingerprint density at radius 3 is 1.11 bits per heavy atom. The van der Waals surface area contributed by atoms with Crippen molar-refractivity contribution in [1.82, 2.24) is 0 Å². The summed E-state index contributed by atoms with van der Waals surface area (Å²) in [6, 6.07) is 20.8. The normalized spacial score (nSPS) is 8.11. The van der Waals surface area contributed by atoms with Crippen LogP contribution in [0.1, 0.15) is 0 Å². The second-order valence-electron chi connectivity index (χ2n) is 3.31. The van der Waals surface area contributed by atoms with Gasteiger partial charge in [0.25, 0.3) is 0 Å².